The summed E-state index contributed by atoms with van der Waals surface area (Å²) in [5, 5.41) is 0.817. The highest BCUT2D eigenvalue weighted by Gasteiger charge is 2.35. The van der Waals surface area contributed by atoms with Gasteiger partial charge in [0.1, 0.15) is 0 Å². The van der Waals surface area contributed by atoms with Crippen molar-refractivity contribution in [3.8, 4) is 0 Å². The molecular weight excluding hydrogens is 386 g/mol. The Morgan fingerprint density at radius 1 is 0.964 bits per heavy atom. The number of piperidine rings is 1. The second-order valence-corrected chi connectivity index (χ2v) is 9.90. The molecule has 0 aromatic heterocycles. The van der Waals surface area contributed by atoms with Crippen LogP contribution in [0.4, 0.5) is 11.4 Å². The Balaban J connectivity index is 1.34. The molecule has 5 rings (SSSR count). The minimum atomic E-state index is 0.753. The Hall–Kier alpha value is -1.20. The van der Waals surface area contributed by atoms with Gasteiger partial charge in [-0.2, -0.15) is 0 Å². The molecule has 0 aliphatic carbocycles. The third-order valence-electron chi connectivity index (χ3n) is 6.44. The molecule has 3 aliphatic rings. The van der Waals surface area contributed by atoms with Crippen molar-refractivity contribution in [2.75, 3.05) is 38.1 Å². The largest absolute Gasteiger partial charge is 0.340 e. The summed E-state index contributed by atoms with van der Waals surface area (Å²) < 4.78 is 0. The van der Waals surface area contributed by atoms with Gasteiger partial charge >= 0.3 is 0 Å². The van der Waals surface area contributed by atoms with Crippen molar-refractivity contribution in [3.63, 3.8) is 0 Å². The van der Waals surface area contributed by atoms with Gasteiger partial charge < -0.3 is 9.80 Å². The third-order valence-corrected chi connectivity index (χ3v) is 7.81. The molecule has 0 N–H and O–H groups in total. The van der Waals surface area contributed by atoms with E-state index in [4.69, 9.17) is 11.6 Å². The van der Waals surface area contributed by atoms with E-state index in [2.05, 4.69) is 58.1 Å². The van der Waals surface area contributed by atoms with E-state index in [0.717, 1.165) is 23.7 Å². The first kappa shape index (κ1) is 18.8. The predicted octanol–water partition coefficient (Wildman–Crippen LogP) is 5.50. The first-order chi connectivity index (χ1) is 13.7. The highest BCUT2D eigenvalue weighted by atomic mass is 35.5. The normalized spacial score (nSPS) is 24.7. The maximum Gasteiger partial charge on any atom is 0.0567 e. The minimum absolute atomic E-state index is 0.753. The Bertz CT molecular complexity index is 843. The number of fused-ring (bicyclic) bond motifs is 4. The van der Waals surface area contributed by atoms with E-state index in [1.807, 2.05) is 17.8 Å². The van der Waals surface area contributed by atoms with E-state index < -0.39 is 0 Å². The van der Waals surface area contributed by atoms with E-state index in [9.17, 15) is 0 Å². The number of likely N-dealkylation sites (tertiary alicyclic amines) is 1. The number of benzene rings is 2. The van der Waals surface area contributed by atoms with Gasteiger partial charge in [0.05, 0.1) is 11.4 Å². The predicted molar refractivity (Wildman–Crippen MR) is 119 cm³/mol. The molecule has 2 fully saturated rings. The quantitative estimate of drug-likeness (QED) is 0.654. The zero-order valence-corrected chi connectivity index (χ0v) is 18.1. The molecule has 3 nitrogen and oxygen atoms in total. The van der Waals surface area contributed by atoms with Crippen LogP contribution in [0.1, 0.15) is 25.7 Å². The van der Waals surface area contributed by atoms with Gasteiger partial charge in [0, 0.05) is 53.1 Å². The van der Waals surface area contributed by atoms with E-state index in [1.54, 1.807) is 0 Å². The Labute approximate surface area is 177 Å². The smallest absolute Gasteiger partial charge is 0.0567 e. The van der Waals surface area contributed by atoms with Crippen molar-refractivity contribution < 1.29 is 0 Å². The van der Waals surface area contributed by atoms with Gasteiger partial charge in [0.15, 0.2) is 0 Å². The van der Waals surface area contributed by atoms with E-state index in [0.29, 0.717) is 0 Å². The second kappa shape index (κ2) is 7.91. The zero-order chi connectivity index (χ0) is 19.1. The van der Waals surface area contributed by atoms with Crippen LogP contribution in [-0.4, -0.2) is 55.1 Å². The first-order valence-electron chi connectivity index (χ1n) is 10.5. The van der Waals surface area contributed by atoms with Gasteiger partial charge in [-0.05, 0) is 56.6 Å². The molecule has 3 aliphatic heterocycles. The lowest BCUT2D eigenvalue weighted by atomic mass is 9.91. The number of anilines is 2. The molecule has 5 heteroatoms. The number of hydrogen-bond donors (Lipinski definition) is 0. The molecule has 2 bridgehead atoms. The highest BCUT2D eigenvalue weighted by Crippen LogP contribution is 2.48. The van der Waals surface area contributed by atoms with E-state index in [-0.39, 0.29) is 0 Å². The summed E-state index contributed by atoms with van der Waals surface area (Å²) in [4.78, 5) is 10.5. The fourth-order valence-electron chi connectivity index (χ4n) is 5.23. The average Bonchev–Trinajstić information content (AvgIpc) is 2.68. The molecule has 148 valence electrons. The summed E-state index contributed by atoms with van der Waals surface area (Å²) in [6.07, 6.45) is 5.31. The maximum absolute atomic E-state index is 6.35. The zero-order valence-electron chi connectivity index (χ0n) is 16.5. The Morgan fingerprint density at radius 2 is 1.71 bits per heavy atom. The van der Waals surface area contributed by atoms with E-state index >= 15 is 0 Å². The molecule has 2 saturated heterocycles. The monoisotopic (exact) mass is 413 g/mol. The van der Waals surface area contributed by atoms with Crippen LogP contribution in [0.2, 0.25) is 5.02 Å². The lowest BCUT2D eigenvalue weighted by Crippen LogP contribution is -2.60. The summed E-state index contributed by atoms with van der Waals surface area (Å²) in [6.45, 7) is 4.71. The van der Waals surface area contributed by atoms with Gasteiger partial charge in [-0.25, -0.2) is 0 Å². The third kappa shape index (κ3) is 3.56. The summed E-state index contributed by atoms with van der Waals surface area (Å²) in [5.74, 6) is 0. The van der Waals surface area contributed by atoms with Gasteiger partial charge in [-0.1, -0.05) is 41.9 Å². The molecule has 0 radical (unpaired) electrons. The van der Waals surface area contributed by atoms with Crippen LogP contribution in [0, 0.1) is 0 Å². The van der Waals surface area contributed by atoms with Crippen LogP contribution >= 0.6 is 23.4 Å². The van der Waals surface area contributed by atoms with Crippen molar-refractivity contribution in [1.82, 2.24) is 9.80 Å². The molecule has 2 aromatic rings. The number of likely N-dealkylation sites (N-methyl/N-ethyl adjacent to an activating group) is 1. The molecular formula is C23H28ClN3S. The fraction of sp³-hybridized carbons (Fsp3) is 0.478. The SMILES string of the molecule is CN1CC2CCCC(C1)N2CCCN1c2ccccc2Sc2ccc(Cl)cc21. The fourth-order valence-corrected chi connectivity index (χ4v) is 6.47. The van der Waals surface area contributed by atoms with Crippen molar-refractivity contribution >= 4 is 34.7 Å². The van der Waals surface area contributed by atoms with Gasteiger partial charge in [0.2, 0.25) is 0 Å². The molecule has 3 heterocycles. The first-order valence-corrected chi connectivity index (χ1v) is 11.7. The van der Waals surface area contributed by atoms with Crippen molar-refractivity contribution in [2.45, 2.75) is 47.6 Å². The highest BCUT2D eigenvalue weighted by molar-refractivity contribution is 7.99. The lowest BCUT2D eigenvalue weighted by molar-refractivity contribution is 0.00101. The Morgan fingerprint density at radius 3 is 2.54 bits per heavy atom. The number of hydrogen-bond acceptors (Lipinski definition) is 4. The lowest BCUT2D eigenvalue weighted by Gasteiger charge is -2.49. The van der Waals surface area contributed by atoms with Crippen LogP contribution in [0.5, 0.6) is 0 Å². The molecule has 0 amide bonds. The maximum atomic E-state index is 6.35. The summed E-state index contributed by atoms with van der Waals surface area (Å²) in [6, 6.07) is 16.6. The Kier molecular flexibility index (Phi) is 5.31. The van der Waals surface area contributed by atoms with Crippen LogP contribution in [0.3, 0.4) is 0 Å². The van der Waals surface area contributed by atoms with Gasteiger partial charge in [-0.3, -0.25) is 4.90 Å². The van der Waals surface area contributed by atoms with Crippen molar-refractivity contribution in [3.05, 3.63) is 47.5 Å². The summed E-state index contributed by atoms with van der Waals surface area (Å²) in [5.41, 5.74) is 2.58. The standard InChI is InChI=1S/C23H28ClN3S/c1-25-15-18-6-4-7-19(16-25)26(18)12-5-13-27-20-8-2-3-9-22(20)28-23-11-10-17(24)14-21(23)27/h2-3,8-11,14,18-19H,4-7,12-13,15-16H2,1H3. The molecule has 28 heavy (non-hydrogen) atoms. The van der Waals surface area contributed by atoms with Crippen LogP contribution in [0.25, 0.3) is 0 Å². The summed E-state index contributed by atoms with van der Waals surface area (Å²) >= 11 is 8.21. The van der Waals surface area contributed by atoms with E-state index in [1.165, 1.54) is 66.5 Å². The van der Waals surface area contributed by atoms with Crippen LogP contribution in [0.15, 0.2) is 52.3 Å². The average molecular weight is 414 g/mol. The molecule has 2 atom stereocenters. The number of rotatable bonds is 4. The van der Waals surface area contributed by atoms with Crippen LogP contribution in [-0.2, 0) is 0 Å². The van der Waals surface area contributed by atoms with Crippen molar-refractivity contribution in [2.24, 2.45) is 0 Å². The van der Waals surface area contributed by atoms with Gasteiger partial charge in [0.25, 0.3) is 0 Å². The van der Waals surface area contributed by atoms with Gasteiger partial charge in [-0.15, -0.1) is 0 Å². The molecule has 2 unspecified atom stereocenters. The molecule has 0 spiro atoms. The summed E-state index contributed by atoms with van der Waals surface area (Å²) in [7, 11) is 2.28. The van der Waals surface area contributed by atoms with Crippen LogP contribution < -0.4 is 4.90 Å². The minimum Gasteiger partial charge on any atom is -0.340 e. The molecule has 0 saturated carbocycles. The second-order valence-electron chi connectivity index (χ2n) is 8.38. The number of halogens is 1. The van der Waals surface area contributed by atoms with Crippen molar-refractivity contribution in [1.29, 1.82) is 0 Å². The topological polar surface area (TPSA) is 9.72 Å². The number of nitrogens with zero attached hydrogens (tertiary/aromatic N) is 3. The molecule has 2 aromatic carbocycles. The number of para-hydroxylation sites is 1. The number of piperazine rings is 1.